The van der Waals surface area contributed by atoms with Crippen LogP contribution < -0.4 is 0 Å². The number of benzene rings is 1. The van der Waals surface area contributed by atoms with E-state index in [1.54, 1.807) is 0 Å². The molecule has 2 aliphatic carbocycles. The number of piperidine rings is 2. The molecule has 3 unspecified atom stereocenters. The smallest absolute Gasteiger partial charge is 0.223 e. The van der Waals surface area contributed by atoms with Gasteiger partial charge in [-0.3, -0.25) is 4.79 Å². The van der Waals surface area contributed by atoms with Gasteiger partial charge < -0.3 is 14.6 Å². The van der Waals surface area contributed by atoms with Crippen molar-refractivity contribution in [3.8, 4) is 0 Å². The van der Waals surface area contributed by atoms with Crippen molar-refractivity contribution in [2.45, 2.75) is 76.0 Å². The number of aryl methyl sites for hydroxylation is 2. The summed E-state index contributed by atoms with van der Waals surface area (Å²) < 4.78 is 2.18. The Labute approximate surface area is 161 Å². The molecule has 2 aliphatic heterocycles. The molecule has 27 heavy (non-hydrogen) atoms. The van der Waals surface area contributed by atoms with E-state index in [1.165, 1.54) is 22.0 Å². The van der Waals surface area contributed by atoms with Crippen LogP contribution in [0.15, 0.2) is 24.4 Å². The van der Waals surface area contributed by atoms with Crippen molar-refractivity contribution in [2.24, 2.45) is 13.0 Å². The summed E-state index contributed by atoms with van der Waals surface area (Å²) in [6, 6.07) is 6.93. The Kier molecular flexibility index (Phi) is 3.74. The van der Waals surface area contributed by atoms with E-state index in [2.05, 4.69) is 54.8 Å². The largest absolute Gasteiger partial charge is 0.390 e. The zero-order valence-electron chi connectivity index (χ0n) is 16.6. The fourth-order valence-electron chi connectivity index (χ4n) is 6.51. The molecule has 6 rings (SSSR count). The fraction of sp³-hybridized carbons (Fsp3) is 0.609. The van der Waals surface area contributed by atoms with Crippen molar-refractivity contribution >= 4 is 16.8 Å². The van der Waals surface area contributed by atoms with Crippen LogP contribution in [-0.4, -0.2) is 38.2 Å². The SMILES string of the molecule is Cc1cccc2c1c(C(C)CC(=O)N1C3CC4CC1CC(O)(C4)C3)cn2C. The van der Waals surface area contributed by atoms with Gasteiger partial charge in [0, 0.05) is 42.7 Å². The molecule has 3 heterocycles. The van der Waals surface area contributed by atoms with Gasteiger partial charge in [0.25, 0.3) is 0 Å². The second kappa shape index (κ2) is 5.84. The monoisotopic (exact) mass is 366 g/mol. The molecule has 2 saturated carbocycles. The molecule has 0 spiro atoms. The summed E-state index contributed by atoms with van der Waals surface area (Å²) in [5, 5.41) is 12.1. The lowest BCUT2D eigenvalue weighted by Gasteiger charge is -2.59. The Morgan fingerprint density at radius 3 is 2.63 bits per heavy atom. The Morgan fingerprint density at radius 2 is 1.96 bits per heavy atom. The minimum absolute atomic E-state index is 0.197. The summed E-state index contributed by atoms with van der Waals surface area (Å²) in [7, 11) is 2.09. The van der Waals surface area contributed by atoms with E-state index >= 15 is 0 Å². The number of fused-ring (bicyclic) bond motifs is 1. The predicted octanol–water partition coefficient (Wildman–Crippen LogP) is 3.88. The average molecular weight is 367 g/mol. The zero-order chi connectivity index (χ0) is 18.9. The van der Waals surface area contributed by atoms with Gasteiger partial charge in [-0.2, -0.15) is 0 Å². The lowest BCUT2D eigenvalue weighted by Crippen LogP contribution is -2.65. The molecule has 4 fully saturated rings. The van der Waals surface area contributed by atoms with Gasteiger partial charge >= 0.3 is 0 Å². The Bertz CT molecular complexity index is 898. The predicted molar refractivity (Wildman–Crippen MR) is 107 cm³/mol. The van der Waals surface area contributed by atoms with Crippen LogP contribution in [0.1, 0.15) is 62.5 Å². The molecular formula is C23H30N2O2. The molecule has 4 bridgehead atoms. The Morgan fingerprint density at radius 1 is 1.26 bits per heavy atom. The number of aliphatic hydroxyl groups is 1. The number of rotatable bonds is 3. The summed E-state index contributed by atoms with van der Waals surface area (Å²) in [5.41, 5.74) is 3.30. The standard InChI is InChI=1S/C23H30N2O2/c1-14-5-4-6-20-22(14)19(13-24(20)3)15(2)7-21(26)25-17-8-16-9-18(25)12-23(27,10-16)11-17/h4-6,13,15-18,27H,7-12H2,1-3H3. The first-order valence-corrected chi connectivity index (χ1v) is 10.4. The number of aromatic nitrogens is 1. The third-order valence-corrected chi connectivity index (χ3v) is 7.45. The number of hydrogen-bond acceptors (Lipinski definition) is 2. The van der Waals surface area contributed by atoms with Crippen molar-refractivity contribution in [2.75, 3.05) is 0 Å². The third kappa shape index (κ3) is 2.64. The van der Waals surface area contributed by atoms with Crippen molar-refractivity contribution in [1.29, 1.82) is 0 Å². The van der Waals surface area contributed by atoms with Crippen LogP contribution >= 0.6 is 0 Å². The van der Waals surface area contributed by atoms with Crippen LogP contribution in [0, 0.1) is 12.8 Å². The summed E-state index contributed by atoms with van der Waals surface area (Å²) in [5.74, 6) is 1.10. The number of amides is 1. The highest BCUT2D eigenvalue weighted by atomic mass is 16.3. The van der Waals surface area contributed by atoms with E-state index in [-0.39, 0.29) is 23.9 Å². The van der Waals surface area contributed by atoms with E-state index in [9.17, 15) is 9.90 Å². The Hall–Kier alpha value is -1.81. The second-order valence-corrected chi connectivity index (χ2v) is 9.55. The molecule has 2 aromatic rings. The van der Waals surface area contributed by atoms with Gasteiger partial charge in [-0.15, -0.1) is 0 Å². The molecule has 1 amide bonds. The minimum Gasteiger partial charge on any atom is -0.390 e. The minimum atomic E-state index is -0.494. The molecule has 1 aromatic carbocycles. The number of carbonyl (C=O) groups excluding carboxylic acids is 1. The summed E-state index contributed by atoms with van der Waals surface area (Å²) >= 11 is 0. The zero-order valence-corrected chi connectivity index (χ0v) is 16.6. The molecule has 2 saturated heterocycles. The van der Waals surface area contributed by atoms with E-state index in [0.29, 0.717) is 12.3 Å². The summed E-state index contributed by atoms with van der Waals surface area (Å²) in [4.78, 5) is 15.5. The first-order valence-electron chi connectivity index (χ1n) is 10.4. The van der Waals surface area contributed by atoms with E-state index in [4.69, 9.17) is 0 Å². The van der Waals surface area contributed by atoms with Crippen LogP contribution in [0.5, 0.6) is 0 Å². The van der Waals surface area contributed by atoms with Gasteiger partial charge in [0.2, 0.25) is 5.91 Å². The lowest BCUT2D eigenvalue weighted by molar-refractivity contribution is -0.174. The summed E-state index contributed by atoms with van der Waals surface area (Å²) in [6.07, 6.45) is 7.46. The first kappa shape index (κ1) is 17.3. The average Bonchev–Trinajstić information content (AvgIpc) is 2.91. The van der Waals surface area contributed by atoms with Gasteiger partial charge in [-0.25, -0.2) is 0 Å². The van der Waals surface area contributed by atoms with E-state index in [1.807, 2.05) is 0 Å². The molecule has 1 N–H and O–H groups in total. The van der Waals surface area contributed by atoms with Gasteiger partial charge in [-0.1, -0.05) is 19.1 Å². The molecule has 4 nitrogen and oxygen atoms in total. The summed E-state index contributed by atoms with van der Waals surface area (Å²) in [6.45, 7) is 4.34. The molecule has 3 atom stereocenters. The first-order chi connectivity index (χ1) is 12.8. The van der Waals surface area contributed by atoms with Gasteiger partial charge in [0.1, 0.15) is 0 Å². The van der Waals surface area contributed by atoms with Gasteiger partial charge in [0.05, 0.1) is 5.60 Å². The topological polar surface area (TPSA) is 45.5 Å². The Balaban J connectivity index is 1.39. The van der Waals surface area contributed by atoms with Crippen LogP contribution in [0.2, 0.25) is 0 Å². The van der Waals surface area contributed by atoms with Crippen LogP contribution in [-0.2, 0) is 11.8 Å². The van der Waals surface area contributed by atoms with Gasteiger partial charge in [0.15, 0.2) is 0 Å². The lowest BCUT2D eigenvalue weighted by atomic mass is 9.61. The second-order valence-electron chi connectivity index (χ2n) is 9.55. The number of nitrogens with zero attached hydrogens (tertiary/aromatic N) is 2. The third-order valence-electron chi connectivity index (χ3n) is 7.45. The molecule has 4 aliphatic rings. The van der Waals surface area contributed by atoms with E-state index in [0.717, 1.165) is 32.1 Å². The number of carbonyl (C=O) groups is 1. The molecule has 0 radical (unpaired) electrons. The van der Waals surface area contributed by atoms with E-state index < -0.39 is 5.60 Å². The molecule has 1 aromatic heterocycles. The molecule has 144 valence electrons. The highest BCUT2D eigenvalue weighted by Gasteiger charge is 2.54. The van der Waals surface area contributed by atoms with Crippen LogP contribution in [0.25, 0.3) is 10.9 Å². The number of hydrogen-bond donors (Lipinski definition) is 1. The maximum absolute atomic E-state index is 13.3. The molecule has 4 heteroatoms. The highest BCUT2D eigenvalue weighted by molar-refractivity contribution is 5.88. The van der Waals surface area contributed by atoms with Crippen molar-refractivity contribution in [3.05, 3.63) is 35.5 Å². The highest BCUT2D eigenvalue weighted by Crippen LogP contribution is 2.51. The fourth-order valence-corrected chi connectivity index (χ4v) is 6.51. The van der Waals surface area contributed by atoms with Crippen LogP contribution in [0.3, 0.4) is 0 Å². The maximum Gasteiger partial charge on any atom is 0.223 e. The quantitative estimate of drug-likeness (QED) is 0.896. The van der Waals surface area contributed by atoms with Crippen molar-refractivity contribution in [1.82, 2.24) is 9.47 Å². The van der Waals surface area contributed by atoms with Crippen molar-refractivity contribution < 1.29 is 9.90 Å². The van der Waals surface area contributed by atoms with Gasteiger partial charge in [-0.05, 0) is 68.1 Å². The van der Waals surface area contributed by atoms with Crippen LogP contribution in [0.4, 0.5) is 0 Å². The maximum atomic E-state index is 13.3. The van der Waals surface area contributed by atoms with Crippen molar-refractivity contribution in [3.63, 3.8) is 0 Å². The molecular weight excluding hydrogens is 336 g/mol. The normalized spacial score (nSPS) is 33.0.